The number of rotatable bonds is 5. The number of nitrogens with one attached hydrogen (secondary N) is 1. The third-order valence-electron chi connectivity index (χ3n) is 3.58. The van der Waals surface area contributed by atoms with Gasteiger partial charge in [0.05, 0.1) is 12.1 Å². The van der Waals surface area contributed by atoms with Gasteiger partial charge in [0.2, 0.25) is 0 Å². The molecule has 0 aliphatic rings. The van der Waals surface area contributed by atoms with Gasteiger partial charge in [-0.1, -0.05) is 37.2 Å². The van der Waals surface area contributed by atoms with Gasteiger partial charge in [-0.3, -0.25) is 0 Å². The van der Waals surface area contributed by atoms with Gasteiger partial charge >= 0.3 is 0 Å². The maximum absolute atomic E-state index is 5.16. The van der Waals surface area contributed by atoms with Gasteiger partial charge in [0.25, 0.3) is 0 Å². The average molecular weight is 283 g/mol. The highest BCUT2D eigenvalue weighted by Crippen LogP contribution is 2.21. The van der Waals surface area contributed by atoms with Crippen molar-refractivity contribution in [2.45, 2.75) is 39.9 Å². The second-order valence-corrected chi connectivity index (χ2v) is 5.76. The number of para-hydroxylation sites is 1. The van der Waals surface area contributed by atoms with E-state index in [-0.39, 0.29) is 0 Å². The van der Waals surface area contributed by atoms with E-state index >= 15 is 0 Å². The highest BCUT2D eigenvalue weighted by Gasteiger charge is 2.09. The van der Waals surface area contributed by atoms with E-state index in [4.69, 9.17) is 4.52 Å². The van der Waals surface area contributed by atoms with E-state index in [2.05, 4.69) is 59.4 Å². The molecule has 0 radical (unpaired) electrons. The molecule has 0 aliphatic carbocycles. The lowest BCUT2D eigenvalue weighted by Crippen LogP contribution is -2.22. The lowest BCUT2D eigenvalue weighted by molar-refractivity contribution is 0.389. The Labute approximate surface area is 124 Å². The number of hydrogen-bond acceptors (Lipinski definition) is 3. The van der Waals surface area contributed by atoms with Crippen molar-refractivity contribution in [3.05, 3.63) is 53.5 Å². The molecule has 0 aliphatic heterocycles. The summed E-state index contributed by atoms with van der Waals surface area (Å²) in [6.45, 7) is 7.85. The Morgan fingerprint density at radius 2 is 2.14 bits per heavy atom. The van der Waals surface area contributed by atoms with Gasteiger partial charge in [-0.25, -0.2) is 0 Å². The SMILES string of the molecule is Cc1cc(Cn2ccc3cccc(CNC(C)C)c32)no1. The zero-order valence-corrected chi connectivity index (χ0v) is 12.8. The van der Waals surface area contributed by atoms with Crippen molar-refractivity contribution in [2.75, 3.05) is 0 Å². The number of aromatic nitrogens is 2. The smallest absolute Gasteiger partial charge is 0.133 e. The molecule has 1 aromatic carbocycles. The number of fused-ring (bicyclic) bond motifs is 1. The quantitative estimate of drug-likeness (QED) is 0.779. The zero-order valence-electron chi connectivity index (χ0n) is 12.8. The summed E-state index contributed by atoms with van der Waals surface area (Å²) < 4.78 is 7.40. The predicted octanol–water partition coefficient (Wildman–Crippen LogP) is 3.48. The fraction of sp³-hybridized carbons (Fsp3) is 0.353. The van der Waals surface area contributed by atoms with Crippen molar-refractivity contribution < 1.29 is 4.52 Å². The summed E-state index contributed by atoms with van der Waals surface area (Å²) in [6.07, 6.45) is 2.12. The van der Waals surface area contributed by atoms with Gasteiger partial charge in [-0.15, -0.1) is 0 Å². The van der Waals surface area contributed by atoms with Crippen LogP contribution in [0.15, 0.2) is 41.1 Å². The van der Waals surface area contributed by atoms with Crippen LogP contribution in [0.2, 0.25) is 0 Å². The second kappa shape index (κ2) is 5.74. The maximum Gasteiger partial charge on any atom is 0.133 e. The first kappa shape index (κ1) is 13.9. The molecular formula is C17H21N3O. The third kappa shape index (κ3) is 3.00. The first-order chi connectivity index (χ1) is 10.1. The van der Waals surface area contributed by atoms with Gasteiger partial charge in [-0.05, 0) is 23.9 Å². The van der Waals surface area contributed by atoms with Crippen molar-refractivity contribution in [3.8, 4) is 0 Å². The molecule has 0 spiro atoms. The first-order valence-electron chi connectivity index (χ1n) is 7.36. The number of nitrogens with zero attached hydrogens (tertiary/aromatic N) is 2. The molecule has 0 atom stereocenters. The molecule has 3 rings (SSSR count). The molecule has 2 aromatic heterocycles. The van der Waals surface area contributed by atoms with Crippen molar-refractivity contribution in [1.82, 2.24) is 15.0 Å². The van der Waals surface area contributed by atoms with E-state index in [0.29, 0.717) is 6.04 Å². The van der Waals surface area contributed by atoms with Gasteiger partial charge in [0.1, 0.15) is 11.5 Å². The topological polar surface area (TPSA) is 43.0 Å². The number of aryl methyl sites for hydroxylation is 1. The normalized spacial score (nSPS) is 11.6. The molecule has 4 heteroatoms. The molecule has 110 valence electrons. The largest absolute Gasteiger partial charge is 0.361 e. The standard InChI is InChI=1S/C17H21N3O/c1-12(2)18-10-15-6-4-5-14-7-8-20(17(14)15)11-16-9-13(3)21-19-16/h4-9,12,18H,10-11H2,1-3H3. The molecule has 0 fully saturated rings. The summed E-state index contributed by atoms with van der Waals surface area (Å²) in [4.78, 5) is 0. The molecular weight excluding hydrogens is 262 g/mol. The maximum atomic E-state index is 5.16. The van der Waals surface area contributed by atoms with Crippen LogP contribution >= 0.6 is 0 Å². The van der Waals surface area contributed by atoms with Crippen LogP contribution in [0.4, 0.5) is 0 Å². The molecule has 0 amide bonds. The molecule has 0 unspecified atom stereocenters. The van der Waals surface area contributed by atoms with Crippen molar-refractivity contribution in [3.63, 3.8) is 0 Å². The van der Waals surface area contributed by atoms with E-state index in [1.54, 1.807) is 0 Å². The molecule has 21 heavy (non-hydrogen) atoms. The summed E-state index contributed by atoms with van der Waals surface area (Å²) in [6, 6.07) is 11.1. The van der Waals surface area contributed by atoms with E-state index in [9.17, 15) is 0 Å². The van der Waals surface area contributed by atoms with E-state index in [1.165, 1.54) is 16.5 Å². The molecule has 0 saturated carbocycles. The highest BCUT2D eigenvalue weighted by atomic mass is 16.5. The van der Waals surface area contributed by atoms with Crippen LogP contribution < -0.4 is 5.32 Å². The Morgan fingerprint density at radius 1 is 1.29 bits per heavy atom. The summed E-state index contributed by atoms with van der Waals surface area (Å²) in [7, 11) is 0. The zero-order chi connectivity index (χ0) is 14.8. The Bertz CT molecular complexity index is 739. The van der Waals surface area contributed by atoms with Crippen molar-refractivity contribution in [1.29, 1.82) is 0 Å². The Balaban J connectivity index is 1.95. The summed E-state index contributed by atoms with van der Waals surface area (Å²) in [5.74, 6) is 0.850. The lowest BCUT2D eigenvalue weighted by atomic mass is 10.1. The molecule has 3 aromatic rings. The van der Waals surface area contributed by atoms with E-state index < -0.39 is 0 Å². The minimum Gasteiger partial charge on any atom is -0.361 e. The Hall–Kier alpha value is -2.07. The molecule has 0 saturated heterocycles. The number of benzene rings is 1. The van der Waals surface area contributed by atoms with Crippen LogP contribution in [0.3, 0.4) is 0 Å². The first-order valence-corrected chi connectivity index (χ1v) is 7.36. The fourth-order valence-corrected chi connectivity index (χ4v) is 2.60. The van der Waals surface area contributed by atoms with E-state index in [1.807, 2.05) is 13.0 Å². The fourth-order valence-electron chi connectivity index (χ4n) is 2.60. The third-order valence-corrected chi connectivity index (χ3v) is 3.58. The van der Waals surface area contributed by atoms with Crippen LogP contribution in [-0.2, 0) is 13.1 Å². The van der Waals surface area contributed by atoms with Crippen molar-refractivity contribution in [2.24, 2.45) is 0 Å². The highest BCUT2D eigenvalue weighted by molar-refractivity contribution is 5.83. The van der Waals surface area contributed by atoms with Gasteiger partial charge < -0.3 is 14.4 Å². The lowest BCUT2D eigenvalue weighted by Gasteiger charge is -2.12. The molecule has 2 heterocycles. The van der Waals surface area contributed by atoms with Crippen LogP contribution in [0, 0.1) is 6.92 Å². The summed E-state index contributed by atoms with van der Waals surface area (Å²) in [5.41, 5.74) is 3.54. The van der Waals surface area contributed by atoms with Crippen molar-refractivity contribution >= 4 is 10.9 Å². The van der Waals surface area contributed by atoms with Gasteiger partial charge in [0, 0.05) is 24.8 Å². The second-order valence-electron chi connectivity index (χ2n) is 5.76. The minimum absolute atomic E-state index is 0.474. The molecule has 1 N–H and O–H groups in total. The van der Waals surface area contributed by atoms with Crippen LogP contribution in [0.1, 0.15) is 30.9 Å². The van der Waals surface area contributed by atoms with Gasteiger partial charge in [-0.2, -0.15) is 0 Å². The average Bonchev–Trinajstić information content (AvgIpc) is 3.04. The molecule has 0 bridgehead atoms. The predicted molar refractivity (Wildman–Crippen MR) is 84.3 cm³/mol. The van der Waals surface area contributed by atoms with Gasteiger partial charge in [0.15, 0.2) is 0 Å². The van der Waals surface area contributed by atoms with Crippen LogP contribution in [0.25, 0.3) is 10.9 Å². The van der Waals surface area contributed by atoms with Crippen LogP contribution in [-0.4, -0.2) is 15.8 Å². The summed E-state index contributed by atoms with van der Waals surface area (Å²) in [5, 5.41) is 8.84. The monoisotopic (exact) mass is 283 g/mol. The minimum atomic E-state index is 0.474. The van der Waals surface area contributed by atoms with E-state index in [0.717, 1.165) is 24.5 Å². The Kier molecular flexibility index (Phi) is 3.80. The molecule has 4 nitrogen and oxygen atoms in total. The summed E-state index contributed by atoms with van der Waals surface area (Å²) >= 11 is 0. The number of hydrogen-bond donors (Lipinski definition) is 1. The Morgan fingerprint density at radius 3 is 2.86 bits per heavy atom. The van der Waals surface area contributed by atoms with Crippen LogP contribution in [0.5, 0.6) is 0 Å².